The lowest BCUT2D eigenvalue weighted by Gasteiger charge is -2.34. The summed E-state index contributed by atoms with van der Waals surface area (Å²) >= 11 is 5.90. The molecule has 1 aliphatic heterocycles. The molecule has 0 saturated carbocycles. The number of aliphatic hydroxyl groups excluding tert-OH is 1. The second kappa shape index (κ2) is 8.36. The minimum absolute atomic E-state index is 0.175. The van der Waals surface area contributed by atoms with Gasteiger partial charge in [-0.1, -0.05) is 18.0 Å². The summed E-state index contributed by atoms with van der Waals surface area (Å²) in [6.45, 7) is 2.44. The smallest absolute Gasteiger partial charge is 0.255 e. The van der Waals surface area contributed by atoms with Crippen LogP contribution in [0.4, 0.5) is 0 Å². The van der Waals surface area contributed by atoms with Crippen molar-refractivity contribution in [1.82, 2.24) is 10.2 Å². The van der Waals surface area contributed by atoms with E-state index in [9.17, 15) is 9.90 Å². The maximum atomic E-state index is 12.2. The molecule has 1 aliphatic rings. The summed E-state index contributed by atoms with van der Waals surface area (Å²) in [5.74, 6) is 0.294. The summed E-state index contributed by atoms with van der Waals surface area (Å²) in [5, 5.41) is 12.8. The van der Waals surface area contributed by atoms with Crippen LogP contribution in [0, 0.1) is 0 Å². The number of carbonyl (C=O) groups excluding carboxylic acids is 1. The summed E-state index contributed by atoms with van der Waals surface area (Å²) in [6, 6.07) is 5.18. The number of halogens is 1. The number of carbonyl (C=O) groups is 1. The molecular weight excluding hydrogens is 304 g/mol. The zero-order chi connectivity index (χ0) is 15.9. The van der Waals surface area contributed by atoms with Gasteiger partial charge in [0.1, 0.15) is 5.75 Å². The second-order valence-electron chi connectivity index (χ2n) is 5.47. The molecule has 2 N–H and O–H groups in total. The zero-order valence-electron chi connectivity index (χ0n) is 12.8. The molecule has 1 aromatic carbocycles. The van der Waals surface area contributed by atoms with E-state index in [1.165, 1.54) is 7.11 Å². The Morgan fingerprint density at radius 1 is 1.50 bits per heavy atom. The van der Waals surface area contributed by atoms with Gasteiger partial charge in [-0.05, 0) is 37.6 Å². The number of nitrogens with zero attached hydrogens (tertiary/aromatic N) is 1. The zero-order valence-corrected chi connectivity index (χ0v) is 13.6. The number of likely N-dealkylation sites (tertiary alicyclic amines) is 1. The maximum Gasteiger partial charge on any atom is 0.255 e. The predicted molar refractivity (Wildman–Crippen MR) is 86.6 cm³/mol. The molecular formula is C16H23ClN2O3. The fourth-order valence-corrected chi connectivity index (χ4v) is 2.98. The summed E-state index contributed by atoms with van der Waals surface area (Å²) < 4.78 is 5.19. The third-order valence-electron chi connectivity index (χ3n) is 4.05. The van der Waals surface area contributed by atoms with Gasteiger partial charge in [0, 0.05) is 24.2 Å². The Hall–Kier alpha value is -1.30. The highest BCUT2D eigenvalue weighted by atomic mass is 35.5. The normalized spacial score (nSPS) is 19.0. The van der Waals surface area contributed by atoms with E-state index in [-0.39, 0.29) is 18.6 Å². The number of ether oxygens (including phenoxy) is 1. The fraction of sp³-hybridized carbons (Fsp3) is 0.562. The third kappa shape index (κ3) is 4.35. The van der Waals surface area contributed by atoms with Crippen molar-refractivity contribution in [2.45, 2.75) is 25.3 Å². The second-order valence-corrected chi connectivity index (χ2v) is 5.91. The van der Waals surface area contributed by atoms with Crippen LogP contribution in [-0.4, -0.2) is 55.3 Å². The topological polar surface area (TPSA) is 61.8 Å². The van der Waals surface area contributed by atoms with Gasteiger partial charge in [-0.15, -0.1) is 0 Å². The molecule has 6 heteroatoms. The molecule has 0 aliphatic carbocycles. The average molecular weight is 327 g/mol. The first-order valence-corrected chi connectivity index (χ1v) is 8.00. The van der Waals surface area contributed by atoms with Crippen molar-refractivity contribution in [2.75, 3.05) is 33.4 Å². The Balaban J connectivity index is 1.87. The van der Waals surface area contributed by atoms with Gasteiger partial charge < -0.3 is 15.2 Å². The molecule has 2 rings (SSSR count). The lowest BCUT2D eigenvalue weighted by Crippen LogP contribution is -2.45. The van der Waals surface area contributed by atoms with Gasteiger partial charge in [-0.25, -0.2) is 0 Å². The van der Waals surface area contributed by atoms with E-state index < -0.39 is 0 Å². The summed E-state index contributed by atoms with van der Waals surface area (Å²) in [5.41, 5.74) is 0.476. The highest BCUT2D eigenvalue weighted by molar-refractivity contribution is 6.30. The Morgan fingerprint density at radius 3 is 3.05 bits per heavy atom. The van der Waals surface area contributed by atoms with Crippen LogP contribution in [0.25, 0.3) is 0 Å². The number of piperidine rings is 1. The SMILES string of the molecule is COc1cc(Cl)ccc1C(=O)NCCN1CCCC[C@H]1CO. The number of methoxy groups -OCH3 is 1. The molecule has 5 nitrogen and oxygen atoms in total. The van der Waals surface area contributed by atoms with E-state index in [4.69, 9.17) is 16.3 Å². The summed E-state index contributed by atoms with van der Waals surface area (Å²) in [7, 11) is 1.52. The Bertz CT molecular complexity index is 510. The van der Waals surface area contributed by atoms with E-state index in [0.29, 0.717) is 22.9 Å². The average Bonchev–Trinajstić information content (AvgIpc) is 2.54. The number of nitrogens with one attached hydrogen (secondary N) is 1. The van der Waals surface area contributed by atoms with Crippen molar-refractivity contribution in [3.8, 4) is 5.75 Å². The summed E-state index contributed by atoms with van der Waals surface area (Å²) in [4.78, 5) is 14.5. The highest BCUT2D eigenvalue weighted by Gasteiger charge is 2.21. The predicted octanol–water partition coefficient (Wildman–Crippen LogP) is 1.93. The van der Waals surface area contributed by atoms with Gasteiger partial charge in [0.05, 0.1) is 19.3 Å². The number of benzene rings is 1. The molecule has 1 saturated heterocycles. The number of hydrogen-bond donors (Lipinski definition) is 2. The van der Waals surface area contributed by atoms with Gasteiger partial charge in [-0.3, -0.25) is 9.69 Å². The van der Waals surface area contributed by atoms with Crippen molar-refractivity contribution in [2.24, 2.45) is 0 Å². The Labute approximate surface area is 136 Å². The van der Waals surface area contributed by atoms with E-state index in [2.05, 4.69) is 10.2 Å². The highest BCUT2D eigenvalue weighted by Crippen LogP contribution is 2.23. The van der Waals surface area contributed by atoms with Crippen molar-refractivity contribution >= 4 is 17.5 Å². The van der Waals surface area contributed by atoms with Crippen LogP contribution in [0.5, 0.6) is 5.75 Å². The number of rotatable bonds is 6. The van der Waals surface area contributed by atoms with Crippen molar-refractivity contribution in [3.63, 3.8) is 0 Å². The molecule has 1 aromatic rings. The molecule has 0 radical (unpaired) electrons. The number of aliphatic hydroxyl groups is 1. The standard InChI is InChI=1S/C16H23ClN2O3/c1-22-15-10-12(17)5-6-14(15)16(21)18-7-9-19-8-3-2-4-13(19)11-20/h5-6,10,13,20H,2-4,7-9,11H2,1H3,(H,18,21)/t13-/m0/s1. The van der Waals surface area contributed by atoms with Crippen LogP contribution in [0.1, 0.15) is 29.6 Å². The molecule has 1 atom stereocenters. The minimum Gasteiger partial charge on any atom is -0.496 e. The molecule has 1 amide bonds. The van der Waals surface area contributed by atoms with Crippen LogP contribution in [-0.2, 0) is 0 Å². The monoisotopic (exact) mass is 326 g/mol. The largest absolute Gasteiger partial charge is 0.496 e. The van der Waals surface area contributed by atoms with Crippen LogP contribution in [0.15, 0.2) is 18.2 Å². The summed E-state index contributed by atoms with van der Waals surface area (Å²) in [6.07, 6.45) is 3.33. The Kier molecular flexibility index (Phi) is 6.49. The lowest BCUT2D eigenvalue weighted by atomic mass is 10.0. The molecule has 0 unspecified atom stereocenters. The number of amides is 1. The van der Waals surface area contributed by atoms with E-state index in [0.717, 1.165) is 32.4 Å². The van der Waals surface area contributed by atoms with Gasteiger partial charge in [0.25, 0.3) is 5.91 Å². The molecule has 1 heterocycles. The molecule has 22 heavy (non-hydrogen) atoms. The molecule has 0 bridgehead atoms. The van der Waals surface area contributed by atoms with E-state index in [1.54, 1.807) is 18.2 Å². The maximum absolute atomic E-state index is 12.2. The van der Waals surface area contributed by atoms with E-state index in [1.807, 2.05) is 0 Å². The molecule has 122 valence electrons. The van der Waals surface area contributed by atoms with Gasteiger partial charge in [0.2, 0.25) is 0 Å². The first-order chi connectivity index (χ1) is 10.7. The van der Waals surface area contributed by atoms with Crippen molar-refractivity contribution in [1.29, 1.82) is 0 Å². The van der Waals surface area contributed by atoms with Crippen molar-refractivity contribution < 1.29 is 14.6 Å². The van der Waals surface area contributed by atoms with Gasteiger partial charge in [0.15, 0.2) is 0 Å². The lowest BCUT2D eigenvalue weighted by molar-refractivity contribution is 0.0848. The van der Waals surface area contributed by atoms with Crippen LogP contribution in [0.2, 0.25) is 5.02 Å². The van der Waals surface area contributed by atoms with Gasteiger partial charge >= 0.3 is 0 Å². The first kappa shape index (κ1) is 17.1. The van der Waals surface area contributed by atoms with Crippen LogP contribution >= 0.6 is 11.6 Å². The number of hydrogen-bond acceptors (Lipinski definition) is 4. The van der Waals surface area contributed by atoms with Crippen molar-refractivity contribution in [3.05, 3.63) is 28.8 Å². The molecule has 0 aromatic heterocycles. The quantitative estimate of drug-likeness (QED) is 0.838. The van der Waals surface area contributed by atoms with Crippen LogP contribution in [0.3, 0.4) is 0 Å². The molecule has 0 spiro atoms. The third-order valence-corrected chi connectivity index (χ3v) is 4.29. The Morgan fingerprint density at radius 2 is 2.32 bits per heavy atom. The van der Waals surface area contributed by atoms with Gasteiger partial charge in [-0.2, -0.15) is 0 Å². The molecule has 1 fully saturated rings. The minimum atomic E-state index is -0.175. The first-order valence-electron chi connectivity index (χ1n) is 7.62. The van der Waals surface area contributed by atoms with Crippen LogP contribution < -0.4 is 10.1 Å². The fourth-order valence-electron chi connectivity index (χ4n) is 2.82. The van der Waals surface area contributed by atoms with E-state index >= 15 is 0 Å².